The average Bonchev–Trinajstić information content (AvgIpc) is 2.76. The topological polar surface area (TPSA) is 74.5 Å². The maximum Gasteiger partial charge on any atom is 0.267 e. The fourth-order valence-electron chi connectivity index (χ4n) is 1.75. The number of aromatic nitrogens is 1. The van der Waals surface area contributed by atoms with Crippen LogP contribution in [-0.2, 0) is 0 Å². The van der Waals surface area contributed by atoms with Gasteiger partial charge in [0.25, 0.3) is 5.91 Å². The van der Waals surface area contributed by atoms with Gasteiger partial charge < -0.3 is 20.9 Å². The van der Waals surface area contributed by atoms with E-state index in [9.17, 15) is 4.79 Å². The van der Waals surface area contributed by atoms with Crippen LogP contribution in [0.15, 0.2) is 0 Å². The molecule has 1 amide bonds. The number of nitrogens with zero attached hydrogens (tertiary/aromatic N) is 3. The number of carbonyl (C=O) groups is 1. The van der Waals surface area contributed by atoms with E-state index in [1.54, 1.807) is 11.9 Å². The highest BCUT2D eigenvalue weighted by Crippen LogP contribution is 2.26. The number of hydrogen-bond donors (Lipinski definition) is 2. The van der Waals surface area contributed by atoms with Crippen molar-refractivity contribution in [3.05, 3.63) is 4.88 Å². The van der Waals surface area contributed by atoms with Crippen molar-refractivity contribution in [2.75, 3.05) is 51.8 Å². The summed E-state index contributed by atoms with van der Waals surface area (Å²) in [6, 6.07) is 0. The molecule has 1 aromatic heterocycles. The van der Waals surface area contributed by atoms with Gasteiger partial charge in [0.1, 0.15) is 10.7 Å². The van der Waals surface area contributed by atoms with Crippen LogP contribution in [0.25, 0.3) is 0 Å². The lowest BCUT2D eigenvalue weighted by atomic mass is 10.2. The predicted molar refractivity (Wildman–Crippen MR) is 90.0 cm³/mol. The third kappa shape index (κ3) is 5.89. The van der Waals surface area contributed by atoms with Gasteiger partial charge in [-0.05, 0) is 33.0 Å². The first kappa shape index (κ1) is 17.7. The lowest BCUT2D eigenvalue weighted by molar-refractivity contribution is 0.0796. The van der Waals surface area contributed by atoms with Crippen LogP contribution < -0.4 is 11.1 Å². The van der Waals surface area contributed by atoms with E-state index in [1.165, 1.54) is 11.3 Å². The Morgan fingerprint density at radius 1 is 1.33 bits per heavy atom. The second kappa shape index (κ2) is 8.19. The van der Waals surface area contributed by atoms with Gasteiger partial charge in [-0.3, -0.25) is 4.79 Å². The van der Waals surface area contributed by atoms with E-state index in [0.29, 0.717) is 28.3 Å². The largest absolute Gasteiger partial charge is 0.382 e. The van der Waals surface area contributed by atoms with Crippen molar-refractivity contribution in [1.82, 2.24) is 14.8 Å². The molecule has 0 bridgehead atoms. The van der Waals surface area contributed by atoms with Gasteiger partial charge in [-0.25, -0.2) is 4.98 Å². The summed E-state index contributed by atoms with van der Waals surface area (Å²) in [5.41, 5.74) is 5.87. The summed E-state index contributed by atoms with van der Waals surface area (Å²) < 4.78 is 0. The van der Waals surface area contributed by atoms with Crippen LogP contribution in [0.4, 0.5) is 10.9 Å². The molecule has 0 fully saturated rings. The molecule has 0 aliphatic carbocycles. The van der Waals surface area contributed by atoms with E-state index in [4.69, 9.17) is 5.73 Å². The smallest absolute Gasteiger partial charge is 0.267 e. The normalized spacial score (nSPS) is 11.2. The van der Waals surface area contributed by atoms with Gasteiger partial charge in [0.2, 0.25) is 0 Å². The van der Waals surface area contributed by atoms with Crippen LogP contribution in [0.2, 0.25) is 0 Å². The van der Waals surface area contributed by atoms with Crippen LogP contribution in [0, 0.1) is 5.92 Å². The Balaban J connectivity index is 2.60. The molecule has 0 saturated carbocycles. The Hall–Kier alpha value is -1.34. The van der Waals surface area contributed by atoms with Gasteiger partial charge in [0.15, 0.2) is 5.13 Å². The lowest BCUT2D eigenvalue weighted by Gasteiger charge is -2.17. The molecule has 1 aromatic rings. The monoisotopic (exact) mass is 313 g/mol. The number of amides is 1. The molecule has 0 radical (unpaired) electrons. The maximum absolute atomic E-state index is 12.4. The number of thiazole rings is 1. The summed E-state index contributed by atoms with van der Waals surface area (Å²) in [5.74, 6) is 0.778. The van der Waals surface area contributed by atoms with Crippen molar-refractivity contribution in [3.63, 3.8) is 0 Å². The van der Waals surface area contributed by atoms with Crippen LogP contribution in [0.1, 0.15) is 29.9 Å². The molecular formula is C14H27N5OS. The average molecular weight is 313 g/mol. The minimum absolute atomic E-state index is 0.0543. The molecule has 0 aliphatic rings. The van der Waals surface area contributed by atoms with Gasteiger partial charge in [-0.15, -0.1) is 0 Å². The fourth-order valence-corrected chi connectivity index (χ4v) is 2.64. The summed E-state index contributed by atoms with van der Waals surface area (Å²) >= 11 is 1.33. The highest BCUT2D eigenvalue weighted by atomic mass is 32.1. The molecule has 0 atom stereocenters. The van der Waals surface area contributed by atoms with Crippen molar-refractivity contribution >= 4 is 28.2 Å². The number of nitrogens with two attached hydrogens (primary N) is 1. The molecule has 6 nitrogen and oxygen atoms in total. The fraction of sp³-hybridized carbons (Fsp3) is 0.714. The van der Waals surface area contributed by atoms with Gasteiger partial charge in [0, 0.05) is 20.1 Å². The van der Waals surface area contributed by atoms with Crippen molar-refractivity contribution in [2.45, 2.75) is 20.3 Å². The van der Waals surface area contributed by atoms with Crippen molar-refractivity contribution in [3.8, 4) is 0 Å². The first-order valence-electron chi connectivity index (χ1n) is 7.21. The summed E-state index contributed by atoms with van der Waals surface area (Å²) in [6.07, 6.45) is 0.937. The quantitative estimate of drug-likeness (QED) is 0.766. The van der Waals surface area contributed by atoms with E-state index < -0.39 is 0 Å². The van der Waals surface area contributed by atoms with Crippen molar-refractivity contribution < 1.29 is 4.79 Å². The van der Waals surface area contributed by atoms with E-state index in [0.717, 1.165) is 19.5 Å². The SMILES string of the molecule is CC(C)CNc1nc(N)c(C(=O)N(C)CCCN(C)C)s1. The molecule has 7 heteroatoms. The Morgan fingerprint density at radius 3 is 2.57 bits per heavy atom. The molecule has 0 aromatic carbocycles. The van der Waals surface area contributed by atoms with Crippen LogP contribution in [-0.4, -0.2) is 61.5 Å². The molecule has 1 heterocycles. The first-order valence-corrected chi connectivity index (χ1v) is 8.03. The third-order valence-electron chi connectivity index (χ3n) is 2.95. The number of rotatable bonds is 8. The second-order valence-corrected chi connectivity index (χ2v) is 6.89. The first-order chi connectivity index (χ1) is 9.81. The molecule has 120 valence electrons. The molecule has 0 unspecified atom stereocenters. The number of nitrogens with one attached hydrogen (secondary N) is 1. The standard InChI is InChI=1S/C14H27N5OS/c1-10(2)9-16-14-17-12(15)11(21-14)13(20)19(5)8-6-7-18(3)4/h10H,6-9,15H2,1-5H3,(H,16,17). The van der Waals surface area contributed by atoms with Crippen molar-refractivity contribution in [1.29, 1.82) is 0 Å². The Labute approximate surface area is 131 Å². The highest BCUT2D eigenvalue weighted by molar-refractivity contribution is 7.18. The van der Waals surface area contributed by atoms with E-state index >= 15 is 0 Å². The van der Waals surface area contributed by atoms with Gasteiger partial charge in [0.05, 0.1) is 0 Å². The van der Waals surface area contributed by atoms with Crippen LogP contribution in [0.5, 0.6) is 0 Å². The molecular weight excluding hydrogens is 286 g/mol. The van der Waals surface area contributed by atoms with Crippen molar-refractivity contribution in [2.24, 2.45) is 5.92 Å². The number of hydrogen-bond acceptors (Lipinski definition) is 6. The second-order valence-electron chi connectivity index (χ2n) is 5.89. The Morgan fingerprint density at radius 2 is 2.00 bits per heavy atom. The van der Waals surface area contributed by atoms with E-state index in [-0.39, 0.29) is 5.91 Å². The van der Waals surface area contributed by atoms with Gasteiger partial charge >= 0.3 is 0 Å². The molecule has 3 N–H and O–H groups in total. The molecule has 0 spiro atoms. The zero-order valence-electron chi connectivity index (χ0n) is 13.6. The van der Waals surface area contributed by atoms with E-state index in [2.05, 4.69) is 29.0 Å². The molecule has 0 aliphatic heterocycles. The van der Waals surface area contributed by atoms with E-state index in [1.807, 2.05) is 14.1 Å². The minimum Gasteiger partial charge on any atom is -0.382 e. The molecule has 0 saturated heterocycles. The number of anilines is 2. The Kier molecular flexibility index (Phi) is 6.91. The predicted octanol–water partition coefficient (Wildman–Crippen LogP) is 1.82. The molecule has 21 heavy (non-hydrogen) atoms. The molecule has 1 rings (SSSR count). The lowest BCUT2D eigenvalue weighted by Crippen LogP contribution is -2.29. The maximum atomic E-state index is 12.4. The number of nitrogen functional groups attached to an aromatic ring is 1. The summed E-state index contributed by atoms with van der Waals surface area (Å²) in [6.45, 7) is 6.72. The zero-order chi connectivity index (χ0) is 16.0. The summed E-state index contributed by atoms with van der Waals surface area (Å²) in [7, 11) is 5.85. The number of carbonyl (C=O) groups excluding carboxylic acids is 1. The Bertz CT molecular complexity index is 458. The van der Waals surface area contributed by atoms with Crippen LogP contribution in [0.3, 0.4) is 0 Å². The van der Waals surface area contributed by atoms with Gasteiger partial charge in [-0.1, -0.05) is 25.2 Å². The highest BCUT2D eigenvalue weighted by Gasteiger charge is 2.19. The minimum atomic E-state index is -0.0543. The summed E-state index contributed by atoms with van der Waals surface area (Å²) in [5, 5.41) is 3.92. The van der Waals surface area contributed by atoms with Gasteiger partial charge in [-0.2, -0.15) is 0 Å². The third-order valence-corrected chi connectivity index (χ3v) is 3.97. The summed E-state index contributed by atoms with van der Waals surface area (Å²) in [4.78, 5) is 20.9. The zero-order valence-corrected chi connectivity index (χ0v) is 14.5. The van der Waals surface area contributed by atoms with Crippen LogP contribution >= 0.6 is 11.3 Å².